The van der Waals surface area contributed by atoms with Crippen LogP contribution in [-0.4, -0.2) is 37.2 Å². The van der Waals surface area contributed by atoms with E-state index >= 15 is 0 Å². The average molecular weight is 956 g/mol. The molecule has 0 aliphatic rings. The van der Waals surface area contributed by atoms with Crippen molar-refractivity contribution in [3.63, 3.8) is 0 Å². The van der Waals surface area contributed by atoms with Gasteiger partial charge in [-0.1, -0.05) is 245 Å². The Morgan fingerprint density at radius 3 is 0.942 bits per heavy atom. The van der Waals surface area contributed by atoms with Gasteiger partial charge in [-0.15, -0.1) is 0 Å². The molecule has 0 aromatic carbocycles. The molecule has 0 N–H and O–H groups in total. The van der Waals surface area contributed by atoms with E-state index in [0.29, 0.717) is 19.3 Å². The van der Waals surface area contributed by atoms with Gasteiger partial charge in [-0.05, 0) is 96.3 Å². The van der Waals surface area contributed by atoms with Gasteiger partial charge in [0.05, 0.1) is 0 Å². The molecular weight excluding hydrogens is 853 g/mol. The molecule has 6 heteroatoms. The van der Waals surface area contributed by atoms with Gasteiger partial charge < -0.3 is 14.2 Å². The first-order valence-corrected chi connectivity index (χ1v) is 28.0. The summed E-state index contributed by atoms with van der Waals surface area (Å²) in [5.41, 5.74) is 0. The van der Waals surface area contributed by atoms with Crippen molar-refractivity contribution in [1.82, 2.24) is 0 Å². The fourth-order valence-electron chi connectivity index (χ4n) is 7.34. The Hall–Kier alpha value is -4.19. The second-order valence-corrected chi connectivity index (χ2v) is 18.1. The SMILES string of the molecule is CC/C=C\C/C=C\C/C=C\C/C=C\C/C=C\C/C=C\CCC(=O)OC(COC(=O)CCCCCCC)COC(=O)CCCCCCCCCCCCCCCC/C=C\C/C=C\C/C=C\C/C=C\CC. The molecule has 0 saturated carbocycles. The van der Waals surface area contributed by atoms with E-state index in [9.17, 15) is 14.4 Å². The molecule has 0 fully saturated rings. The first-order valence-electron chi connectivity index (χ1n) is 28.0. The number of hydrogen-bond donors (Lipinski definition) is 0. The normalized spacial score (nSPS) is 13.0. The van der Waals surface area contributed by atoms with Crippen LogP contribution in [0.15, 0.2) is 122 Å². The number of hydrogen-bond acceptors (Lipinski definition) is 6. The van der Waals surface area contributed by atoms with Gasteiger partial charge in [0.15, 0.2) is 6.10 Å². The van der Waals surface area contributed by atoms with Crippen molar-refractivity contribution in [3.05, 3.63) is 122 Å². The fraction of sp³-hybridized carbons (Fsp3) is 0.635. The van der Waals surface area contributed by atoms with Gasteiger partial charge in [-0.3, -0.25) is 14.4 Å². The van der Waals surface area contributed by atoms with Crippen LogP contribution in [0.2, 0.25) is 0 Å². The zero-order valence-electron chi connectivity index (χ0n) is 44.5. The summed E-state index contributed by atoms with van der Waals surface area (Å²) in [6, 6.07) is 0. The van der Waals surface area contributed by atoms with Crippen LogP contribution >= 0.6 is 0 Å². The Morgan fingerprint density at radius 1 is 0.304 bits per heavy atom. The first kappa shape index (κ1) is 64.8. The Labute approximate surface area is 424 Å². The highest BCUT2D eigenvalue weighted by atomic mass is 16.6. The van der Waals surface area contributed by atoms with Gasteiger partial charge in [0.1, 0.15) is 13.2 Å². The molecule has 0 aromatic heterocycles. The van der Waals surface area contributed by atoms with E-state index in [1.54, 1.807) is 0 Å². The van der Waals surface area contributed by atoms with Crippen LogP contribution < -0.4 is 0 Å². The standard InChI is InChI=1S/C63H102O6/c1-4-7-10-13-15-17-19-21-23-25-27-28-29-30-31-32-33-34-36-37-39-41-43-45-47-50-53-56-62(65)68-59-60(58-67-61(64)55-52-49-12-9-6-3)69-63(66)57-54-51-48-46-44-42-40-38-35-26-24-22-20-18-16-14-11-8-5-2/h7-8,10-11,15-18,21-24,27-28,35,38,42,44,48,51,60H,4-6,9,12-14,19-20,25-26,29-34,36-37,39-41,43,45-47,49-50,52-59H2,1-3H3/b10-7-,11-8-,17-15-,18-16-,23-21-,24-22-,28-27-,38-35-,44-42-,51-48-. The summed E-state index contributed by atoms with van der Waals surface area (Å²) in [6.07, 6.45) is 78.2. The number of unbranched alkanes of at least 4 members (excludes halogenated alkanes) is 18. The minimum atomic E-state index is -0.817. The Bertz CT molecular complexity index is 1470. The summed E-state index contributed by atoms with van der Waals surface area (Å²) in [7, 11) is 0. The third-order valence-electron chi connectivity index (χ3n) is 11.5. The number of esters is 3. The van der Waals surface area contributed by atoms with E-state index in [1.165, 1.54) is 77.0 Å². The van der Waals surface area contributed by atoms with E-state index in [2.05, 4.69) is 130 Å². The zero-order valence-corrected chi connectivity index (χ0v) is 44.5. The summed E-state index contributed by atoms with van der Waals surface area (Å²) < 4.78 is 16.6. The molecule has 69 heavy (non-hydrogen) atoms. The smallest absolute Gasteiger partial charge is 0.306 e. The van der Waals surface area contributed by atoms with Gasteiger partial charge >= 0.3 is 17.9 Å². The molecule has 0 amide bonds. The van der Waals surface area contributed by atoms with Crippen LogP contribution in [0, 0.1) is 0 Å². The molecule has 0 rings (SSSR count). The second-order valence-electron chi connectivity index (χ2n) is 18.1. The number of carbonyl (C=O) groups excluding carboxylic acids is 3. The highest BCUT2D eigenvalue weighted by Crippen LogP contribution is 2.15. The maximum atomic E-state index is 12.7. The maximum absolute atomic E-state index is 12.7. The monoisotopic (exact) mass is 955 g/mol. The largest absolute Gasteiger partial charge is 0.462 e. The Kier molecular flexibility index (Phi) is 53.0. The minimum Gasteiger partial charge on any atom is -0.462 e. The van der Waals surface area contributed by atoms with Gasteiger partial charge in [0.2, 0.25) is 0 Å². The lowest BCUT2D eigenvalue weighted by Crippen LogP contribution is -2.30. The number of rotatable bonds is 49. The van der Waals surface area contributed by atoms with E-state index in [1.807, 2.05) is 12.2 Å². The maximum Gasteiger partial charge on any atom is 0.306 e. The molecule has 0 radical (unpaired) electrons. The Balaban J connectivity index is 4.17. The molecule has 0 aliphatic heterocycles. The third kappa shape index (κ3) is 54.6. The van der Waals surface area contributed by atoms with Crippen LogP contribution in [0.4, 0.5) is 0 Å². The topological polar surface area (TPSA) is 78.9 Å². The highest BCUT2D eigenvalue weighted by Gasteiger charge is 2.19. The summed E-state index contributed by atoms with van der Waals surface area (Å²) in [4.78, 5) is 37.7. The van der Waals surface area contributed by atoms with Gasteiger partial charge in [0, 0.05) is 19.3 Å². The third-order valence-corrected chi connectivity index (χ3v) is 11.5. The van der Waals surface area contributed by atoms with Crippen molar-refractivity contribution >= 4 is 17.9 Å². The average Bonchev–Trinajstić information content (AvgIpc) is 3.35. The predicted molar refractivity (Wildman–Crippen MR) is 297 cm³/mol. The molecule has 0 heterocycles. The van der Waals surface area contributed by atoms with Crippen LogP contribution in [0.3, 0.4) is 0 Å². The predicted octanol–water partition coefficient (Wildman–Crippen LogP) is 18.9. The van der Waals surface area contributed by atoms with Crippen LogP contribution in [0.5, 0.6) is 0 Å². The van der Waals surface area contributed by atoms with Gasteiger partial charge in [0.25, 0.3) is 0 Å². The first-order chi connectivity index (χ1) is 34.0. The number of ether oxygens (including phenoxy) is 3. The molecule has 0 aromatic rings. The quantitative estimate of drug-likeness (QED) is 0.0262. The van der Waals surface area contributed by atoms with Crippen LogP contribution in [-0.2, 0) is 28.6 Å². The van der Waals surface area contributed by atoms with E-state index in [0.717, 1.165) is 116 Å². The van der Waals surface area contributed by atoms with Crippen molar-refractivity contribution in [2.75, 3.05) is 13.2 Å². The van der Waals surface area contributed by atoms with E-state index in [-0.39, 0.29) is 31.6 Å². The van der Waals surface area contributed by atoms with Crippen molar-refractivity contribution < 1.29 is 28.6 Å². The fourth-order valence-corrected chi connectivity index (χ4v) is 7.34. The Morgan fingerprint density at radius 2 is 0.594 bits per heavy atom. The summed E-state index contributed by atoms with van der Waals surface area (Å²) in [5, 5.41) is 0. The molecule has 1 unspecified atom stereocenters. The van der Waals surface area contributed by atoms with Crippen LogP contribution in [0.1, 0.15) is 239 Å². The molecule has 6 nitrogen and oxygen atoms in total. The van der Waals surface area contributed by atoms with E-state index < -0.39 is 12.1 Å². The second kappa shape index (κ2) is 56.4. The van der Waals surface area contributed by atoms with E-state index in [4.69, 9.17) is 14.2 Å². The van der Waals surface area contributed by atoms with Gasteiger partial charge in [-0.2, -0.15) is 0 Å². The van der Waals surface area contributed by atoms with Crippen molar-refractivity contribution in [2.24, 2.45) is 0 Å². The molecule has 1 atom stereocenters. The van der Waals surface area contributed by atoms with Crippen molar-refractivity contribution in [3.8, 4) is 0 Å². The van der Waals surface area contributed by atoms with Gasteiger partial charge in [-0.25, -0.2) is 0 Å². The lowest BCUT2D eigenvalue weighted by molar-refractivity contribution is -0.166. The molecular formula is C63H102O6. The van der Waals surface area contributed by atoms with Crippen molar-refractivity contribution in [2.45, 2.75) is 245 Å². The number of carbonyl (C=O) groups is 3. The number of allylic oxidation sites excluding steroid dienone is 20. The summed E-state index contributed by atoms with van der Waals surface area (Å²) in [5.74, 6) is -1.01. The van der Waals surface area contributed by atoms with Crippen molar-refractivity contribution in [1.29, 1.82) is 0 Å². The molecule has 0 spiro atoms. The summed E-state index contributed by atoms with van der Waals surface area (Å²) in [6.45, 7) is 6.26. The summed E-state index contributed by atoms with van der Waals surface area (Å²) >= 11 is 0. The molecule has 0 aliphatic carbocycles. The van der Waals surface area contributed by atoms with Crippen LogP contribution in [0.25, 0.3) is 0 Å². The lowest BCUT2D eigenvalue weighted by Gasteiger charge is -2.18. The highest BCUT2D eigenvalue weighted by molar-refractivity contribution is 5.71. The molecule has 0 saturated heterocycles. The molecule has 390 valence electrons. The minimum absolute atomic E-state index is 0.110. The zero-order chi connectivity index (χ0) is 50.0. The molecule has 0 bridgehead atoms. The lowest BCUT2D eigenvalue weighted by atomic mass is 10.0.